The maximum Gasteiger partial charge on any atom is 0.118 e. The van der Waals surface area contributed by atoms with E-state index >= 15 is 0 Å². The first-order chi connectivity index (χ1) is 5.07. The highest BCUT2D eigenvalue weighted by molar-refractivity contribution is 9.11. The van der Waals surface area contributed by atoms with Crippen molar-refractivity contribution in [2.45, 2.75) is 0 Å². The van der Waals surface area contributed by atoms with Gasteiger partial charge in [-0.25, -0.2) is 0 Å². The topological polar surface area (TPSA) is 9.23 Å². The number of allylic oxidation sites excluding steroid dienone is 3. The molecule has 0 unspecified atom stereocenters. The van der Waals surface area contributed by atoms with E-state index < -0.39 is 0 Å². The molecule has 0 aromatic heterocycles. The van der Waals surface area contributed by atoms with Gasteiger partial charge in [-0.05, 0) is 6.08 Å². The van der Waals surface area contributed by atoms with E-state index in [1.54, 1.807) is 19.3 Å². The third-order valence-corrected chi connectivity index (χ3v) is 1.33. The van der Waals surface area contributed by atoms with E-state index in [1.165, 1.54) is 0 Å². The van der Waals surface area contributed by atoms with Gasteiger partial charge in [0.15, 0.2) is 0 Å². The normalized spacial score (nSPS) is 9.64. The molecule has 0 heterocycles. The number of rotatable bonds is 4. The second-order valence-electron chi connectivity index (χ2n) is 1.93. The summed E-state index contributed by atoms with van der Waals surface area (Å²) in [7, 11) is 1.56. The Bertz CT molecular complexity index is 214. The van der Waals surface area contributed by atoms with E-state index in [-0.39, 0.29) is 0 Å². The minimum absolute atomic E-state index is 0.565. The van der Waals surface area contributed by atoms with Gasteiger partial charge >= 0.3 is 0 Å². The Morgan fingerprint density at radius 3 is 2.18 bits per heavy atom. The first kappa shape index (κ1) is 10.2. The predicted octanol–water partition coefficient (Wildman–Crippen LogP) is 3.17. The number of methoxy groups -OCH3 is 1. The lowest BCUT2D eigenvalue weighted by molar-refractivity contribution is 0.305. The molecule has 0 spiro atoms. The van der Waals surface area contributed by atoms with Gasteiger partial charge in [-0.1, -0.05) is 41.7 Å². The fourth-order valence-corrected chi connectivity index (χ4v) is 0.547. The molecule has 0 saturated heterocycles. The molecule has 0 aliphatic heterocycles. The van der Waals surface area contributed by atoms with Crippen LogP contribution in [0.4, 0.5) is 0 Å². The van der Waals surface area contributed by atoms with Crippen molar-refractivity contribution < 1.29 is 4.74 Å². The van der Waals surface area contributed by atoms with Crippen LogP contribution < -0.4 is 0 Å². The Morgan fingerprint density at radius 1 is 1.27 bits per heavy atom. The van der Waals surface area contributed by atoms with E-state index in [9.17, 15) is 0 Å². The summed E-state index contributed by atoms with van der Waals surface area (Å²) in [5.74, 6) is 0.565. The average Bonchev–Trinajstić information content (AvgIpc) is 1.98. The smallest absolute Gasteiger partial charge is 0.118 e. The molecule has 0 saturated carbocycles. The van der Waals surface area contributed by atoms with Crippen LogP contribution in [-0.2, 0) is 4.74 Å². The number of hydrogen-bond acceptors (Lipinski definition) is 1. The van der Waals surface area contributed by atoms with Gasteiger partial charge in [0.05, 0.1) is 7.11 Å². The van der Waals surface area contributed by atoms with Crippen LogP contribution in [0.2, 0.25) is 0 Å². The van der Waals surface area contributed by atoms with Crippen LogP contribution in [0.15, 0.2) is 47.7 Å². The minimum atomic E-state index is 0.565. The van der Waals surface area contributed by atoms with Crippen molar-refractivity contribution in [2.24, 2.45) is 0 Å². The number of hydrogen-bond donors (Lipinski definition) is 0. The van der Waals surface area contributed by atoms with Crippen LogP contribution in [0.1, 0.15) is 0 Å². The van der Waals surface area contributed by atoms with Gasteiger partial charge < -0.3 is 4.74 Å². The maximum atomic E-state index is 4.85. The lowest BCUT2D eigenvalue weighted by Gasteiger charge is -2.01. The van der Waals surface area contributed by atoms with Crippen molar-refractivity contribution in [3.05, 3.63) is 47.7 Å². The van der Waals surface area contributed by atoms with E-state index in [4.69, 9.17) is 4.74 Å². The second-order valence-corrected chi connectivity index (χ2v) is 2.95. The second kappa shape index (κ2) is 4.97. The fourth-order valence-electron chi connectivity index (χ4n) is 0.415. The third-order valence-electron chi connectivity index (χ3n) is 1.07. The maximum absolute atomic E-state index is 4.85. The van der Waals surface area contributed by atoms with E-state index in [0.29, 0.717) is 5.76 Å². The molecule has 0 aliphatic carbocycles. The van der Waals surface area contributed by atoms with Gasteiger partial charge in [0.25, 0.3) is 0 Å². The lowest BCUT2D eigenvalue weighted by Crippen LogP contribution is -1.84. The number of ether oxygens (including phenoxy) is 1. The Balaban J connectivity index is 4.08. The summed E-state index contributed by atoms with van der Waals surface area (Å²) in [6, 6.07) is 0. The molecule has 1 nitrogen and oxygen atoms in total. The summed E-state index contributed by atoms with van der Waals surface area (Å²) >= 11 is 3.18. The van der Waals surface area contributed by atoms with Crippen molar-refractivity contribution in [1.29, 1.82) is 0 Å². The van der Waals surface area contributed by atoms with Gasteiger partial charge in [-0.2, -0.15) is 0 Å². The lowest BCUT2D eigenvalue weighted by atomic mass is 10.2. The first-order valence-electron chi connectivity index (χ1n) is 3.02. The van der Waals surface area contributed by atoms with Crippen LogP contribution in [0, 0.1) is 0 Å². The summed E-state index contributed by atoms with van der Waals surface area (Å²) in [6.07, 6.45) is 3.56. The molecule has 0 bridgehead atoms. The Labute approximate surface area is 75.9 Å². The molecule has 0 aromatic rings. The molecule has 0 rings (SSSR count). The van der Waals surface area contributed by atoms with Crippen molar-refractivity contribution >= 4 is 15.9 Å². The van der Waals surface area contributed by atoms with Crippen LogP contribution in [0.25, 0.3) is 0 Å². The standard InChI is InChI=1S/C9H11BrO/c1-7(9(3)11-4)5-6-8(2)10/h5-6H,1-3H2,4H3. The molecular weight excluding hydrogens is 204 g/mol. The van der Waals surface area contributed by atoms with Crippen LogP contribution in [0.3, 0.4) is 0 Å². The third kappa shape index (κ3) is 4.62. The van der Waals surface area contributed by atoms with Gasteiger partial charge in [0, 0.05) is 10.1 Å². The summed E-state index contributed by atoms with van der Waals surface area (Å²) < 4.78 is 5.65. The van der Waals surface area contributed by atoms with E-state index in [2.05, 4.69) is 35.7 Å². The zero-order valence-corrected chi connectivity index (χ0v) is 8.15. The van der Waals surface area contributed by atoms with Crippen molar-refractivity contribution in [3.63, 3.8) is 0 Å². The average molecular weight is 215 g/mol. The van der Waals surface area contributed by atoms with Gasteiger partial charge in [-0.15, -0.1) is 0 Å². The number of halogens is 1. The van der Waals surface area contributed by atoms with Crippen molar-refractivity contribution in [1.82, 2.24) is 0 Å². The van der Waals surface area contributed by atoms with E-state index in [1.807, 2.05) is 0 Å². The summed E-state index contributed by atoms with van der Waals surface area (Å²) in [5, 5.41) is 0. The minimum Gasteiger partial charge on any atom is -0.497 e. The fraction of sp³-hybridized carbons (Fsp3) is 0.111. The predicted molar refractivity (Wildman–Crippen MR) is 52.5 cm³/mol. The zero-order chi connectivity index (χ0) is 8.85. The summed E-state index contributed by atoms with van der Waals surface area (Å²) in [5.41, 5.74) is 0.744. The first-order valence-corrected chi connectivity index (χ1v) is 3.82. The van der Waals surface area contributed by atoms with Gasteiger partial charge in [0.2, 0.25) is 0 Å². The SMILES string of the molecule is C=C(Br)C=CC(=C)C(=C)OC. The van der Waals surface area contributed by atoms with E-state index in [0.717, 1.165) is 10.1 Å². The van der Waals surface area contributed by atoms with Crippen LogP contribution in [0.5, 0.6) is 0 Å². The largest absolute Gasteiger partial charge is 0.497 e. The van der Waals surface area contributed by atoms with Gasteiger partial charge in [0.1, 0.15) is 5.76 Å². The monoisotopic (exact) mass is 214 g/mol. The molecule has 0 atom stereocenters. The van der Waals surface area contributed by atoms with Gasteiger partial charge in [-0.3, -0.25) is 0 Å². The molecule has 0 aliphatic rings. The van der Waals surface area contributed by atoms with Crippen molar-refractivity contribution in [3.8, 4) is 0 Å². The molecule has 60 valence electrons. The quantitative estimate of drug-likeness (QED) is 0.517. The van der Waals surface area contributed by atoms with Crippen molar-refractivity contribution in [2.75, 3.05) is 7.11 Å². The molecule has 2 heteroatoms. The molecule has 0 radical (unpaired) electrons. The Kier molecular flexibility index (Phi) is 4.62. The Morgan fingerprint density at radius 2 is 1.82 bits per heavy atom. The highest BCUT2D eigenvalue weighted by atomic mass is 79.9. The molecular formula is C9H11BrO. The molecule has 0 N–H and O–H groups in total. The Hall–Kier alpha value is -0.760. The van der Waals surface area contributed by atoms with Crippen LogP contribution in [-0.4, -0.2) is 7.11 Å². The molecule has 0 amide bonds. The highest BCUT2D eigenvalue weighted by Crippen LogP contribution is 2.10. The highest BCUT2D eigenvalue weighted by Gasteiger charge is 1.92. The molecule has 0 fully saturated rings. The van der Waals surface area contributed by atoms with Crippen LogP contribution >= 0.6 is 15.9 Å². The summed E-state index contributed by atoms with van der Waals surface area (Å²) in [6.45, 7) is 11.0. The summed E-state index contributed by atoms with van der Waals surface area (Å²) in [4.78, 5) is 0. The zero-order valence-electron chi connectivity index (χ0n) is 6.56. The molecule has 0 aromatic carbocycles. The molecule has 11 heavy (non-hydrogen) atoms.